The van der Waals surface area contributed by atoms with E-state index in [0.29, 0.717) is 25.9 Å². The second-order valence-electron chi connectivity index (χ2n) is 6.39. The van der Waals surface area contributed by atoms with Crippen LogP contribution in [0, 0.1) is 12.7 Å². The van der Waals surface area contributed by atoms with E-state index in [0.717, 1.165) is 11.1 Å². The van der Waals surface area contributed by atoms with Crippen molar-refractivity contribution in [2.24, 2.45) is 5.10 Å². The third kappa shape index (κ3) is 4.34. The Morgan fingerprint density at radius 2 is 1.93 bits per heavy atom. The first-order valence-corrected chi connectivity index (χ1v) is 9.96. The highest BCUT2D eigenvalue weighted by Crippen LogP contribution is 2.30. The number of thiazole rings is 1. The fraction of sp³-hybridized carbons (Fsp3) is 0.0455. The molecule has 0 unspecified atom stereocenters. The van der Waals surface area contributed by atoms with Crippen LogP contribution in [-0.2, 0) is 0 Å². The van der Waals surface area contributed by atoms with Crippen LogP contribution in [0.4, 0.5) is 9.52 Å². The lowest BCUT2D eigenvalue weighted by atomic mass is 10.2. The fourth-order valence-corrected chi connectivity index (χ4v) is 3.82. The van der Waals surface area contributed by atoms with Crippen molar-refractivity contribution in [3.63, 3.8) is 0 Å². The van der Waals surface area contributed by atoms with Gasteiger partial charge in [0.25, 0.3) is 5.91 Å². The zero-order valence-electron chi connectivity index (χ0n) is 15.3. The number of hydrazone groups is 1. The van der Waals surface area contributed by atoms with E-state index in [2.05, 4.69) is 10.1 Å². The van der Waals surface area contributed by atoms with Crippen molar-refractivity contribution in [1.29, 1.82) is 0 Å². The number of anilines is 1. The molecule has 0 aliphatic rings. The van der Waals surface area contributed by atoms with Crippen LogP contribution in [-0.4, -0.2) is 17.1 Å². The standard InChI is InChI=1S/C22H15ClFN3OS/c1-14-5-7-15(8-6-14)13-25-27(21(28)16-3-2-4-17(23)11-16)22-26-19-10-9-18(24)12-20(19)29-22/h2-13H,1H3/b25-13+. The number of nitrogens with zero attached hydrogens (tertiary/aromatic N) is 3. The Balaban J connectivity index is 1.76. The molecule has 4 aromatic rings. The Bertz CT molecular complexity index is 1220. The van der Waals surface area contributed by atoms with Crippen molar-refractivity contribution in [3.05, 3.63) is 94.3 Å². The van der Waals surface area contributed by atoms with E-state index in [1.807, 2.05) is 31.2 Å². The number of rotatable bonds is 4. The summed E-state index contributed by atoms with van der Waals surface area (Å²) in [5.74, 6) is -0.737. The zero-order chi connectivity index (χ0) is 20.4. The van der Waals surface area contributed by atoms with Gasteiger partial charge in [-0.25, -0.2) is 9.37 Å². The normalized spacial score (nSPS) is 11.3. The predicted molar refractivity (Wildman–Crippen MR) is 117 cm³/mol. The van der Waals surface area contributed by atoms with E-state index < -0.39 is 0 Å². The van der Waals surface area contributed by atoms with Gasteiger partial charge in [-0.3, -0.25) is 4.79 Å². The van der Waals surface area contributed by atoms with Gasteiger partial charge in [0.15, 0.2) is 0 Å². The van der Waals surface area contributed by atoms with Gasteiger partial charge in [-0.1, -0.05) is 58.8 Å². The number of halogens is 2. The van der Waals surface area contributed by atoms with Crippen LogP contribution in [0.2, 0.25) is 5.02 Å². The third-order valence-corrected chi connectivity index (χ3v) is 5.41. The summed E-state index contributed by atoms with van der Waals surface area (Å²) in [6, 6.07) is 18.7. The van der Waals surface area contributed by atoms with Gasteiger partial charge in [0.2, 0.25) is 5.13 Å². The maximum absolute atomic E-state index is 13.6. The first-order valence-electron chi connectivity index (χ1n) is 8.76. The lowest BCUT2D eigenvalue weighted by molar-refractivity contribution is 0.0988. The monoisotopic (exact) mass is 423 g/mol. The van der Waals surface area contributed by atoms with Gasteiger partial charge in [0.1, 0.15) is 5.82 Å². The minimum atomic E-state index is -0.379. The SMILES string of the molecule is Cc1ccc(/C=N/N(C(=O)c2cccc(Cl)c2)c2nc3ccc(F)cc3s2)cc1. The Hall–Kier alpha value is -3.09. The summed E-state index contributed by atoms with van der Waals surface area (Å²) in [6.07, 6.45) is 1.59. The van der Waals surface area contributed by atoms with E-state index >= 15 is 0 Å². The molecule has 1 aromatic heterocycles. The van der Waals surface area contributed by atoms with E-state index in [4.69, 9.17) is 11.6 Å². The summed E-state index contributed by atoms with van der Waals surface area (Å²) < 4.78 is 14.2. The van der Waals surface area contributed by atoms with Crippen LogP contribution in [0.1, 0.15) is 21.5 Å². The molecule has 0 saturated heterocycles. The summed E-state index contributed by atoms with van der Waals surface area (Å²) in [4.78, 5) is 17.6. The molecule has 7 heteroatoms. The number of aryl methyl sites for hydroxylation is 1. The summed E-state index contributed by atoms with van der Waals surface area (Å²) in [7, 11) is 0. The highest BCUT2D eigenvalue weighted by molar-refractivity contribution is 7.22. The number of hydrogen-bond donors (Lipinski definition) is 0. The van der Waals surface area contributed by atoms with Gasteiger partial charge < -0.3 is 0 Å². The maximum Gasteiger partial charge on any atom is 0.280 e. The minimum absolute atomic E-state index is 0.346. The molecule has 1 heterocycles. The number of carbonyl (C=O) groups is 1. The van der Waals surface area contributed by atoms with E-state index in [1.54, 1.807) is 36.5 Å². The summed E-state index contributed by atoms with van der Waals surface area (Å²) in [6.45, 7) is 2.00. The molecule has 4 nitrogen and oxygen atoms in total. The van der Waals surface area contributed by atoms with Crippen LogP contribution in [0.25, 0.3) is 10.2 Å². The third-order valence-electron chi connectivity index (χ3n) is 4.18. The minimum Gasteiger partial charge on any atom is -0.267 e. The molecule has 0 fully saturated rings. The molecule has 0 spiro atoms. The molecule has 1 amide bonds. The summed E-state index contributed by atoms with van der Waals surface area (Å²) in [5.41, 5.74) is 2.94. The van der Waals surface area contributed by atoms with Crippen LogP contribution in [0.3, 0.4) is 0 Å². The molecule has 3 aromatic carbocycles. The van der Waals surface area contributed by atoms with Gasteiger partial charge >= 0.3 is 0 Å². The Labute approximate surface area is 175 Å². The molecule has 0 N–H and O–H groups in total. The van der Waals surface area contributed by atoms with Crippen molar-refractivity contribution in [1.82, 2.24) is 4.98 Å². The number of amides is 1. The van der Waals surface area contributed by atoms with E-state index in [-0.39, 0.29) is 11.7 Å². The van der Waals surface area contributed by atoms with Gasteiger partial charge in [0, 0.05) is 10.6 Å². The first kappa shape index (κ1) is 19.2. The van der Waals surface area contributed by atoms with Gasteiger partial charge in [-0.05, 0) is 48.9 Å². The number of fused-ring (bicyclic) bond motifs is 1. The van der Waals surface area contributed by atoms with Crippen molar-refractivity contribution in [2.45, 2.75) is 6.92 Å². The van der Waals surface area contributed by atoms with E-state index in [9.17, 15) is 9.18 Å². The quantitative estimate of drug-likeness (QED) is 0.295. The van der Waals surface area contributed by atoms with Crippen LogP contribution >= 0.6 is 22.9 Å². The molecule has 29 heavy (non-hydrogen) atoms. The lowest BCUT2D eigenvalue weighted by Crippen LogP contribution is -2.25. The molecule has 0 saturated carbocycles. The van der Waals surface area contributed by atoms with Crippen molar-refractivity contribution in [3.8, 4) is 0 Å². The average Bonchev–Trinajstić information content (AvgIpc) is 3.12. The highest BCUT2D eigenvalue weighted by atomic mass is 35.5. The van der Waals surface area contributed by atoms with Crippen LogP contribution < -0.4 is 5.01 Å². The molecule has 0 bridgehead atoms. The summed E-state index contributed by atoms with van der Waals surface area (Å²) >= 11 is 7.24. The largest absolute Gasteiger partial charge is 0.280 e. The molecule has 0 aliphatic carbocycles. The number of aromatic nitrogens is 1. The molecule has 0 aliphatic heterocycles. The topological polar surface area (TPSA) is 45.6 Å². The zero-order valence-corrected chi connectivity index (χ0v) is 16.9. The molecular formula is C22H15ClFN3OS. The molecule has 0 radical (unpaired) electrons. The van der Waals surface area contributed by atoms with Crippen molar-refractivity contribution in [2.75, 3.05) is 5.01 Å². The Morgan fingerprint density at radius 3 is 2.69 bits per heavy atom. The lowest BCUT2D eigenvalue weighted by Gasteiger charge is -2.14. The predicted octanol–water partition coefficient (Wildman–Crippen LogP) is 6.08. The van der Waals surface area contributed by atoms with Gasteiger partial charge in [-0.15, -0.1) is 0 Å². The number of carbonyl (C=O) groups excluding carboxylic acids is 1. The first-order chi connectivity index (χ1) is 14.0. The van der Waals surface area contributed by atoms with Crippen LogP contribution in [0.5, 0.6) is 0 Å². The second kappa shape index (κ2) is 8.11. The Morgan fingerprint density at radius 1 is 1.14 bits per heavy atom. The average molecular weight is 424 g/mol. The number of hydrogen-bond acceptors (Lipinski definition) is 4. The summed E-state index contributed by atoms with van der Waals surface area (Å²) in [5, 5.41) is 6.40. The molecule has 0 atom stereocenters. The van der Waals surface area contributed by atoms with Crippen molar-refractivity contribution < 1.29 is 9.18 Å². The smallest absolute Gasteiger partial charge is 0.267 e. The van der Waals surface area contributed by atoms with E-state index in [1.165, 1.54) is 28.5 Å². The number of benzene rings is 3. The highest BCUT2D eigenvalue weighted by Gasteiger charge is 2.21. The molecule has 144 valence electrons. The van der Waals surface area contributed by atoms with Gasteiger partial charge in [0.05, 0.1) is 16.4 Å². The molecular weight excluding hydrogens is 409 g/mol. The van der Waals surface area contributed by atoms with Crippen molar-refractivity contribution >= 4 is 50.4 Å². The maximum atomic E-state index is 13.6. The van der Waals surface area contributed by atoms with Gasteiger partial charge in [-0.2, -0.15) is 10.1 Å². The Kier molecular flexibility index (Phi) is 5.38. The second-order valence-corrected chi connectivity index (χ2v) is 7.84. The van der Waals surface area contributed by atoms with Crippen LogP contribution in [0.15, 0.2) is 71.8 Å². The molecule has 4 rings (SSSR count). The fourth-order valence-electron chi connectivity index (χ4n) is 2.69.